The molecule has 8 heteroatoms. The van der Waals surface area contributed by atoms with Gasteiger partial charge in [0.05, 0.1) is 11.6 Å². The molecule has 3 N–H and O–H groups in total. The molecule has 2 aromatic rings. The first kappa shape index (κ1) is 20.4. The van der Waals surface area contributed by atoms with Crippen molar-refractivity contribution in [3.63, 3.8) is 0 Å². The van der Waals surface area contributed by atoms with Crippen molar-refractivity contribution in [3.05, 3.63) is 56.2 Å². The third kappa shape index (κ3) is 4.09. The fourth-order valence-electron chi connectivity index (χ4n) is 3.82. The van der Waals surface area contributed by atoms with Gasteiger partial charge in [0.15, 0.2) is 5.69 Å². The van der Waals surface area contributed by atoms with Gasteiger partial charge in [-0.25, -0.2) is 4.79 Å². The Kier molecular flexibility index (Phi) is 6.17. The standard InChI is InChI=1S/C21H25N5O3/c1-2-3-11-25-18(23)17(19(27)24-21(25)29)26(16-9-4-5-10-16)20(28)15-8-6-7-14(12-15)13-22/h6-8,12,16H,2-5,9-11,23H2,1H3,(H,24,27,29). The lowest BCUT2D eigenvalue weighted by Gasteiger charge is -2.30. The van der Waals surface area contributed by atoms with Crippen LogP contribution in [0, 0.1) is 11.3 Å². The van der Waals surface area contributed by atoms with E-state index in [0.29, 0.717) is 17.7 Å². The topological polar surface area (TPSA) is 125 Å². The average Bonchev–Trinajstić information content (AvgIpc) is 3.24. The predicted octanol–water partition coefficient (Wildman–Crippen LogP) is 2.38. The Morgan fingerprint density at radius 2 is 2.07 bits per heavy atom. The molecule has 1 heterocycles. The molecule has 152 valence electrons. The van der Waals surface area contributed by atoms with Crippen molar-refractivity contribution in [1.82, 2.24) is 9.55 Å². The highest BCUT2D eigenvalue weighted by atomic mass is 16.2. The van der Waals surface area contributed by atoms with Crippen LogP contribution in [0.2, 0.25) is 0 Å². The van der Waals surface area contributed by atoms with Crippen molar-refractivity contribution in [2.24, 2.45) is 0 Å². The van der Waals surface area contributed by atoms with Crippen molar-refractivity contribution in [2.75, 3.05) is 10.6 Å². The quantitative estimate of drug-likeness (QED) is 0.777. The van der Waals surface area contributed by atoms with Crippen LogP contribution in [-0.4, -0.2) is 21.5 Å². The number of nitrogens with two attached hydrogens (primary N) is 1. The molecule has 1 aliphatic carbocycles. The number of nitrogen functional groups attached to an aromatic ring is 1. The molecule has 0 aliphatic heterocycles. The predicted molar refractivity (Wildman–Crippen MR) is 111 cm³/mol. The summed E-state index contributed by atoms with van der Waals surface area (Å²) < 4.78 is 1.32. The molecule has 8 nitrogen and oxygen atoms in total. The van der Waals surface area contributed by atoms with Crippen LogP contribution in [0.25, 0.3) is 0 Å². The van der Waals surface area contributed by atoms with E-state index >= 15 is 0 Å². The lowest BCUT2D eigenvalue weighted by atomic mass is 10.1. The first-order valence-electron chi connectivity index (χ1n) is 9.94. The molecule has 1 aromatic heterocycles. The number of amides is 1. The molecule has 0 radical (unpaired) electrons. The number of aromatic nitrogens is 2. The smallest absolute Gasteiger partial charge is 0.330 e. The molecule has 0 saturated heterocycles. The number of nitrogens with zero attached hydrogens (tertiary/aromatic N) is 3. The van der Waals surface area contributed by atoms with Gasteiger partial charge < -0.3 is 5.73 Å². The van der Waals surface area contributed by atoms with Gasteiger partial charge in [0.1, 0.15) is 5.82 Å². The highest BCUT2D eigenvalue weighted by Crippen LogP contribution is 2.30. The number of aromatic amines is 1. The van der Waals surface area contributed by atoms with Crippen molar-refractivity contribution < 1.29 is 4.79 Å². The molecule has 0 unspecified atom stereocenters. The number of hydrogen-bond acceptors (Lipinski definition) is 5. The van der Waals surface area contributed by atoms with Gasteiger partial charge in [-0.3, -0.25) is 24.0 Å². The summed E-state index contributed by atoms with van der Waals surface area (Å²) in [5.41, 5.74) is 5.70. The van der Waals surface area contributed by atoms with Crippen LogP contribution in [0.5, 0.6) is 0 Å². The van der Waals surface area contributed by atoms with E-state index in [1.165, 1.54) is 15.5 Å². The number of benzene rings is 1. The minimum atomic E-state index is -0.670. The molecule has 1 saturated carbocycles. The van der Waals surface area contributed by atoms with E-state index in [2.05, 4.69) is 4.98 Å². The summed E-state index contributed by atoms with van der Waals surface area (Å²) in [7, 11) is 0. The fourth-order valence-corrected chi connectivity index (χ4v) is 3.82. The maximum absolute atomic E-state index is 13.4. The zero-order valence-corrected chi connectivity index (χ0v) is 16.5. The molecule has 1 aromatic carbocycles. The molecule has 0 atom stereocenters. The SMILES string of the molecule is CCCCn1c(N)c(N(C(=O)c2cccc(C#N)c2)C2CCCC2)c(=O)[nH]c1=O. The van der Waals surface area contributed by atoms with Gasteiger partial charge in [-0.05, 0) is 37.5 Å². The summed E-state index contributed by atoms with van der Waals surface area (Å²) in [5, 5.41) is 9.16. The summed E-state index contributed by atoms with van der Waals surface area (Å²) in [6.07, 6.45) is 4.96. The first-order chi connectivity index (χ1) is 14.0. The minimum Gasteiger partial charge on any atom is -0.383 e. The first-order valence-corrected chi connectivity index (χ1v) is 9.94. The number of carbonyl (C=O) groups is 1. The van der Waals surface area contributed by atoms with Crippen molar-refractivity contribution in [1.29, 1.82) is 5.26 Å². The maximum Gasteiger partial charge on any atom is 0.330 e. The Balaban J connectivity index is 2.15. The van der Waals surface area contributed by atoms with Gasteiger partial charge >= 0.3 is 5.69 Å². The van der Waals surface area contributed by atoms with Crippen molar-refractivity contribution in [2.45, 2.75) is 58.0 Å². The highest BCUT2D eigenvalue weighted by molar-refractivity contribution is 6.07. The number of hydrogen-bond donors (Lipinski definition) is 2. The number of anilines is 2. The summed E-state index contributed by atoms with van der Waals surface area (Å²) >= 11 is 0. The molecule has 29 heavy (non-hydrogen) atoms. The molecule has 3 rings (SSSR count). The van der Waals surface area contributed by atoms with E-state index in [1.807, 2.05) is 13.0 Å². The van der Waals surface area contributed by atoms with Gasteiger partial charge in [-0.2, -0.15) is 5.26 Å². The summed E-state index contributed by atoms with van der Waals surface area (Å²) in [6, 6.07) is 8.20. The molecular formula is C21H25N5O3. The molecule has 1 aliphatic rings. The number of carbonyl (C=O) groups excluding carboxylic acids is 1. The number of nitriles is 1. The van der Waals surface area contributed by atoms with Gasteiger partial charge in [0.25, 0.3) is 11.5 Å². The van der Waals surface area contributed by atoms with Crippen LogP contribution in [0.4, 0.5) is 11.5 Å². The second kappa shape index (κ2) is 8.78. The second-order valence-corrected chi connectivity index (χ2v) is 7.30. The largest absolute Gasteiger partial charge is 0.383 e. The Bertz CT molecular complexity index is 1060. The van der Waals surface area contributed by atoms with Crippen LogP contribution < -0.4 is 21.9 Å². The summed E-state index contributed by atoms with van der Waals surface area (Å²) in [4.78, 5) is 42.2. The fraction of sp³-hybridized carbons (Fsp3) is 0.429. The van der Waals surface area contributed by atoms with Gasteiger partial charge in [0.2, 0.25) is 0 Å². The lowest BCUT2D eigenvalue weighted by Crippen LogP contribution is -2.45. The van der Waals surface area contributed by atoms with Crippen molar-refractivity contribution >= 4 is 17.4 Å². The van der Waals surface area contributed by atoms with Gasteiger partial charge in [-0.1, -0.05) is 32.3 Å². The van der Waals surface area contributed by atoms with E-state index in [1.54, 1.807) is 18.2 Å². The Morgan fingerprint density at radius 1 is 1.34 bits per heavy atom. The van der Waals surface area contributed by atoms with E-state index in [-0.39, 0.29) is 17.5 Å². The molecule has 1 amide bonds. The van der Waals surface area contributed by atoms with E-state index in [0.717, 1.165) is 38.5 Å². The lowest BCUT2D eigenvalue weighted by molar-refractivity contribution is 0.0976. The zero-order chi connectivity index (χ0) is 21.0. The Labute approximate surface area is 168 Å². The van der Waals surface area contributed by atoms with E-state index in [4.69, 9.17) is 11.0 Å². The third-order valence-electron chi connectivity index (χ3n) is 5.34. The number of H-pyrrole nitrogens is 1. The van der Waals surface area contributed by atoms with Crippen LogP contribution in [0.15, 0.2) is 33.9 Å². The second-order valence-electron chi connectivity index (χ2n) is 7.30. The van der Waals surface area contributed by atoms with Crippen LogP contribution in [-0.2, 0) is 6.54 Å². The van der Waals surface area contributed by atoms with Crippen LogP contribution in [0.1, 0.15) is 61.4 Å². The van der Waals surface area contributed by atoms with Gasteiger partial charge in [-0.15, -0.1) is 0 Å². The average molecular weight is 395 g/mol. The molecule has 0 bridgehead atoms. The van der Waals surface area contributed by atoms with E-state index < -0.39 is 17.2 Å². The monoisotopic (exact) mass is 395 g/mol. The third-order valence-corrected chi connectivity index (χ3v) is 5.34. The Morgan fingerprint density at radius 3 is 2.72 bits per heavy atom. The molecular weight excluding hydrogens is 370 g/mol. The van der Waals surface area contributed by atoms with Crippen LogP contribution in [0.3, 0.4) is 0 Å². The summed E-state index contributed by atoms with van der Waals surface area (Å²) in [6.45, 7) is 2.35. The summed E-state index contributed by atoms with van der Waals surface area (Å²) in [5.74, 6) is -0.393. The number of unbranched alkanes of at least 4 members (excludes halogenated alkanes) is 1. The number of nitrogens with one attached hydrogen (secondary N) is 1. The molecule has 1 fully saturated rings. The maximum atomic E-state index is 13.4. The van der Waals surface area contributed by atoms with Gasteiger partial charge in [0, 0.05) is 18.2 Å². The number of rotatable bonds is 6. The van der Waals surface area contributed by atoms with E-state index in [9.17, 15) is 14.4 Å². The highest BCUT2D eigenvalue weighted by Gasteiger charge is 2.33. The zero-order valence-electron chi connectivity index (χ0n) is 16.5. The normalized spacial score (nSPS) is 13.9. The van der Waals surface area contributed by atoms with Crippen LogP contribution >= 0.6 is 0 Å². The van der Waals surface area contributed by atoms with Crippen molar-refractivity contribution in [3.8, 4) is 6.07 Å². The Hall–Kier alpha value is -3.34. The minimum absolute atomic E-state index is 0.00360. The molecule has 0 spiro atoms.